The summed E-state index contributed by atoms with van der Waals surface area (Å²) in [4.78, 5) is 15.8. The van der Waals surface area contributed by atoms with Crippen molar-refractivity contribution in [3.05, 3.63) is 20.7 Å². The number of amides is 1. The average Bonchev–Trinajstić information content (AvgIpc) is 2.20. The van der Waals surface area contributed by atoms with Crippen molar-refractivity contribution in [2.75, 3.05) is 5.32 Å². The molecule has 4 nitrogen and oxygen atoms in total. The maximum absolute atomic E-state index is 11.7. The van der Waals surface area contributed by atoms with Crippen molar-refractivity contribution in [1.29, 1.82) is 0 Å². The van der Waals surface area contributed by atoms with Crippen LogP contribution in [0.3, 0.4) is 0 Å². The Kier molecular flexibility index (Phi) is 5.16. The van der Waals surface area contributed by atoms with E-state index < -0.39 is 11.7 Å². The quantitative estimate of drug-likeness (QED) is 0.821. The molecule has 100 valence electrons. The number of nitrogens with one attached hydrogen (secondary N) is 1. The van der Waals surface area contributed by atoms with Crippen molar-refractivity contribution in [2.45, 2.75) is 39.7 Å². The van der Waals surface area contributed by atoms with Crippen LogP contribution in [0, 0.1) is 0 Å². The SMILES string of the molecule is CCc1c(Br)cnc(NC(=O)OC(C)(C)C)c1Br. The number of rotatable bonds is 2. The molecular weight excluding hydrogens is 364 g/mol. The molecule has 0 aliphatic rings. The normalized spacial score (nSPS) is 11.2. The van der Waals surface area contributed by atoms with Crippen molar-refractivity contribution in [2.24, 2.45) is 0 Å². The highest BCUT2D eigenvalue weighted by atomic mass is 79.9. The van der Waals surface area contributed by atoms with E-state index in [4.69, 9.17) is 4.74 Å². The van der Waals surface area contributed by atoms with Crippen LogP contribution in [0.5, 0.6) is 0 Å². The molecule has 18 heavy (non-hydrogen) atoms. The number of aromatic nitrogens is 1. The second-order valence-electron chi connectivity index (χ2n) is 4.73. The molecule has 1 aromatic heterocycles. The average molecular weight is 380 g/mol. The summed E-state index contributed by atoms with van der Waals surface area (Å²) in [5, 5.41) is 2.63. The number of hydrogen-bond acceptors (Lipinski definition) is 3. The molecule has 6 heteroatoms. The summed E-state index contributed by atoms with van der Waals surface area (Å²) >= 11 is 6.86. The first-order valence-corrected chi connectivity index (χ1v) is 7.16. The van der Waals surface area contributed by atoms with Crippen LogP contribution in [0.1, 0.15) is 33.3 Å². The molecule has 0 radical (unpaired) electrons. The lowest BCUT2D eigenvalue weighted by molar-refractivity contribution is 0.0635. The van der Waals surface area contributed by atoms with Crippen LogP contribution < -0.4 is 5.32 Å². The van der Waals surface area contributed by atoms with E-state index in [1.807, 2.05) is 27.7 Å². The number of ether oxygens (including phenoxy) is 1. The number of nitrogens with zero attached hydrogens (tertiary/aromatic N) is 1. The molecule has 0 aliphatic heterocycles. The van der Waals surface area contributed by atoms with Gasteiger partial charge >= 0.3 is 6.09 Å². The Morgan fingerprint density at radius 3 is 2.56 bits per heavy atom. The van der Waals surface area contributed by atoms with E-state index in [9.17, 15) is 4.79 Å². The van der Waals surface area contributed by atoms with Gasteiger partial charge in [-0.1, -0.05) is 6.92 Å². The van der Waals surface area contributed by atoms with Gasteiger partial charge in [0, 0.05) is 10.7 Å². The highest BCUT2D eigenvalue weighted by Gasteiger charge is 2.18. The predicted octanol–water partition coefficient (Wildman–Crippen LogP) is 4.52. The fraction of sp³-hybridized carbons (Fsp3) is 0.500. The molecule has 0 fully saturated rings. The molecule has 0 spiro atoms. The molecule has 0 atom stereocenters. The first kappa shape index (κ1) is 15.4. The Balaban J connectivity index is 2.89. The van der Waals surface area contributed by atoms with E-state index in [1.165, 1.54) is 0 Å². The standard InChI is InChI=1S/C12H16Br2N2O2/c1-5-7-8(13)6-15-10(9(7)14)16-11(17)18-12(2,3)4/h6H,5H2,1-4H3,(H,15,16,17). The van der Waals surface area contributed by atoms with Gasteiger partial charge in [-0.3, -0.25) is 5.32 Å². The van der Waals surface area contributed by atoms with Gasteiger partial charge in [0.15, 0.2) is 0 Å². The summed E-state index contributed by atoms with van der Waals surface area (Å²) in [6.07, 6.45) is 1.98. The Morgan fingerprint density at radius 2 is 2.06 bits per heavy atom. The largest absolute Gasteiger partial charge is 0.444 e. The smallest absolute Gasteiger partial charge is 0.413 e. The molecule has 0 unspecified atom stereocenters. The summed E-state index contributed by atoms with van der Waals surface area (Å²) in [7, 11) is 0. The van der Waals surface area contributed by atoms with E-state index in [1.54, 1.807) is 6.20 Å². The van der Waals surface area contributed by atoms with E-state index in [0.29, 0.717) is 5.82 Å². The van der Waals surface area contributed by atoms with Gasteiger partial charge in [0.25, 0.3) is 0 Å². The van der Waals surface area contributed by atoms with Crippen LogP contribution in [0.25, 0.3) is 0 Å². The highest BCUT2D eigenvalue weighted by molar-refractivity contribution is 9.11. The molecule has 0 aliphatic carbocycles. The molecule has 1 heterocycles. The van der Waals surface area contributed by atoms with Crippen LogP contribution >= 0.6 is 31.9 Å². The lowest BCUT2D eigenvalue weighted by atomic mass is 10.2. The van der Waals surface area contributed by atoms with Gasteiger partial charge in [-0.15, -0.1) is 0 Å². The van der Waals surface area contributed by atoms with Crippen molar-refractivity contribution >= 4 is 43.8 Å². The Bertz CT molecular complexity index is 456. The number of carbonyl (C=O) groups excluding carboxylic acids is 1. The molecule has 0 bridgehead atoms. The minimum absolute atomic E-state index is 0.462. The maximum atomic E-state index is 11.7. The summed E-state index contributed by atoms with van der Waals surface area (Å²) in [6, 6.07) is 0. The summed E-state index contributed by atoms with van der Waals surface area (Å²) in [6.45, 7) is 7.47. The van der Waals surface area contributed by atoms with Crippen LogP contribution in [0.2, 0.25) is 0 Å². The van der Waals surface area contributed by atoms with Crippen molar-refractivity contribution in [3.8, 4) is 0 Å². The minimum Gasteiger partial charge on any atom is -0.444 e. The summed E-state index contributed by atoms with van der Waals surface area (Å²) < 4.78 is 6.86. The molecule has 1 aromatic rings. The summed E-state index contributed by atoms with van der Waals surface area (Å²) in [5.74, 6) is 0.462. The van der Waals surface area contributed by atoms with Crippen LogP contribution in [0.4, 0.5) is 10.6 Å². The zero-order valence-corrected chi connectivity index (χ0v) is 14.0. The Morgan fingerprint density at radius 1 is 1.44 bits per heavy atom. The van der Waals surface area contributed by atoms with E-state index >= 15 is 0 Å². The topological polar surface area (TPSA) is 51.2 Å². The molecule has 0 saturated heterocycles. The monoisotopic (exact) mass is 378 g/mol. The number of carbonyl (C=O) groups is 1. The van der Waals surface area contributed by atoms with Gasteiger partial charge in [0.2, 0.25) is 0 Å². The highest BCUT2D eigenvalue weighted by Crippen LogP contribution is 2.30. The predicted molar refractivity (Wildman–Crippen MR) is 78.9 cm³/mol. The van der Waals surface area contributed by atoms with Crippen molar-refractivity contribution in [1.82, 2.24) is 4.98 Å². The lowest BCUT2D eigenvalue weighted by Gasteiger charge is -2.20. The molecule has 1 amide bonds. The third-order valence-corrected chi connectivity index (χ3v) is 3.58. The molecule has 1 N–H and O–H groups in total. The van der Waals surface area contributed by atoms with Gasteiger partial charge in [-0.05, 0) is 64.6 Å². The zero-order valence-electron chi connectivity index (χ0n) is 10.8. The Labute approximate surface area is 124 Å². The molecule has 0 saturated carbocycles. The fourth-order valence-corrected chi connectivity index (χ4v) is 2.86. The molecular formula is C12H16Br2N2O2. The van der Waals surface area contributed by atoms with Crippen molar-refractivity contribution < 1.29 is 9.53 Å². The summed E-state index contributed by atoms with van der Waals surface area (Å²) in [5.41, 5.74) is 0.524. The maximum Gasteiger partial charge on any atom is 0.413 e. The number of hydrogen-bond donors (Lipinski definition) is 1. The first-order chi connectivity index (χ1) is 8.24. The van der Waals surface area contributed by atoms with Crippen LogP contribution in [-0.4, -0.2) is 16.7 Å². The van der Waals surface area contributed by atoms with E-state index in [0.717, 1.165) is 20.9 Å². The van der Waals surface area contributed by atoms with Gasteiger partial charge in [0.05, 0.1) is 4.47 Å². The van der Waals surface area contributed by atoms with Crippen molar-refractivity contribution in [3.63, 3.8) is 0 Å². The lowest BCUT2D eigenvalue weighted by Crippen LogP contribution is -2.27. The van der Waals surface area contributed by atoms with Crippen LogP contribution in [0.15, 0.2) is 15.1 Å². The molecule has 1 rings (SSSR count). The zero-order chi connectivity index (χ0) is 13.9. The minimum atomic E-state index is -0.528. The first-order valence-electron chi connectivity index (χ1n) is 5.57. The van der Waals surface area contributed by atoms with Gasteiger partial charge in [-0.25, -0.2) is 9.78 Å². The van der Waals surface area contributed by atoms with E-state index in [2.05, 4.69) is 42.2 Å². The second kappa shape index (κ2) is 6.02. The number of anilines is 1. The third-order valence-electron chi connectivity index (χ3n) is 2.04. The Hall–Kier alpha value is -0.620. The second-order valence-corrected chi connectivity index (χ2v) is 6.38. The van der Waals surface area contributed by atoms with Crippen LogP contribution in [-0.2, 0) is 11.2 Å². The third kappa shape index (κ3) is 4.24. The molecule has 0 aromatic carbocycles. The van der Waals surface area contributed by atoms with E-state index in [-0.39, 0.29) is 0 Å². The van der Waals surface area contributed by atoms with Gasteiger partial charge in [0.1, 0.15) is 11.4 Å². The van der Waals surface area contributed by atoms with Gasteiger partial charge in [-0.2, -0.15) is 0 Å². The fourth-order valence-electron chi connectivity index (χ4n) is 1.32. The number of pyridine rings is 1. The van der Waals surface area contributed by atoms with Gasteiger partial charge < -0.3 is 4.74 Å². The number of halogens is 2.